The summed E-state index contributed by atoms with van der Waals surface area (Å²) in [5.74, 6) is 0.274. The van der Waals surface area contributed by atoms with E-state index in [9.17, 15) is 13.5 Å². The normalized spacial score (nSPS) is 21.5. The Bertz CT molecular complexity index is 1060. The molecule has 1 aromatic carbocycles. The van der Waals surface area contributed by atoms with Gasteiger partial charge in [0.05, 0.1) is 17.8 Å². The van der Waals surface area contributed by atoms with E-state index in [1.165, 1.54) is 4.31 Å². The van der Waals surface area contributed by atoms with E-state index < -0.39 is 15.6 Å². The zero-order chi connectivity index (χ0) is 18.4. The van der Waals surface area contributed by atoms with Crippen LogP contribution in [-0.4, -0.2) is 46.0 Å². The number of aromatic nitrogens is 3. The van der Waals surface area contributed by atoms with Crippen LogP contribution in [0.1, 0.15) is 23.7 Å². The molecule has 2 aromatic heterocycles. The molecule has 26 heavy (non-hydrogen) atoms. The van der Waals surface area contributed by atoms with Gasteiger partial charge in [-0.2, -0.15) is 9.29 Å². The molecule has 9 heteroatoms. The van der Waals surface area contributed by atoms with Gasteiger partial charge in [-0.05, 0) is 18.6 Å². The van der Waals surface area contributed by atoms with E-state index in [0.717, 1.165) is 5.39 Å². The lowest BCUT2D eigenvalue weighted by atomic mass is 10.0. The second-order valence-corrected chi connectivity index (χ2v) is 8.48. The van der Waals surface area contributed by atoms with Crippen molar-refractivity contribution in [2.45, 2.75) is 24.7 Å². The Morgan fingerprint density at radius 2 is 2.12 bits per heavy atom. The largest absolute Gasteiger partial charge is 0.379 e. The third kappa shape index (κ3) is 2.98. The topological polar surface area (TPSA) is 109 Å². The third-order valence-electron chi connectivity index (χ3n) is 4.59. The number of rotatable bonds is 4. The van der Waals surface area contributed by atoms with Crippen molar-refractivity contribution in [3.05, 3.63) is 53.8 Å². The predicted octanol–water partition coefficient (Wildman–Crippen LogP) is 1.35. The van der Waals surface area contributed by atoms with Gasteiger partial charge in [0, 0.05) is 24.5 Å². The summed E-state index contributed by atoms with van der Waals surface area (Å²) in [6, 6.07) is 9.18. The lowest BCUT2D eigenvalue weighted by Gasteiger charge is -2.20. The molecule has 0 aliphatic carbocycles. The Kier molecular flexibility index (Phi) is 4.02. The van der Waals surface area contributed by atoms with Crippen LogP contribution in [-0.2, 0) is 21.4 Å². The molecule has 0 saturated carbocycles. The highest BCUT2D eigenvalue weighted by atomic mass is 32.2. The summed E-state index contributed by atoms with van der Waals surface area (Å²) in [5, 5.41) is 15.3. The van der Waals surface area contributed by atoms with Crippen LogP contribution in [0.15, 0.2) is 41.1 Å². The summed E-state index contributed by atoms with van der Waals surface area (Å²) in [6.45, 7) is 1.74. The molecule has 0 amide bonds. The maximum atomic E-state index is 12.9. The molecule has 3 aromatic rings. The highest BCUT2D eigenvalue weighted by molar-refractivity contribution is 7.88. The second-order valence-electron chi connectivity index (χ2n) is 6.51. The molecular formula is C17H18N4O4S. The number of pyridine rings is 1. The van der Waals surface area contributed by atoms with Crippen LogP contribution in [0.5, 0.6) is 0 Å². The first-order valence-electron chi connectivity index (χ1n) is 8.21. The Labute approximate surface area is 150 Å². The molecule has 8 nitrogen and oxygen atoms in total. The first-order chi connectivity index (χ1) is 12.4. The summed E-state index contributed by atoms with van der Waals surface area (Å²) >= 11 is 0. The summed E-state index contributed by atoms with van der Waals surface area (Å²) in [4.78, 5) is 8.35. The van der Waals surface area contributed by atoms with E-state index in [1.807, 2.05) is 24.3 Å². The molecule has 0 spiro atoms. The number of aliphatic hydroxyl groups is 1. The number of benzene rings is 1. The minimum atomic E-state index is -3.63. The zero-order valence-electron chi connectivity index (χ0n) is 14.2. The Morgan fingerprint density at radius 1 is 1.31 bits per heavy atom. The Morgan fingerprint density at radius 3 is 2.88 bits per heavy atom. The van der Waals surface area contributed by atoms with E-state index in [-0.39, 0.29) is 31.2 Å². The monoisotopic (exact) mass is 374 g/mol. The van der Waals surface area contributed by atoms with Gasteiger partial charge in [0.25, 0.3) is 5.89 Å². The first-order valence-corrected chi connectivity index (χ1v) is 9.82. The van der Waals surface area contributed by atoms with Gasteiger partial charge < -0.3 is 9.63 Å². The SMILES string of the molecule is Cc1noc(C2(O)CCN(S(=O)(=O)Cc3cccc4cccnc34)C2)n1. The van der Waals surface area contributed by atoms with Crippen molar-refractivity contribution in [3.8, 4) is 0 Å². The molecule has 0 bridgehead atoms. The molecule has 1 atom stereocenters. The maximum absolute atomic E-state index is 12.9. The van der Waals surface area contributed by atoms with Crippen molar-refractivity contribution in [2.24, 2.45) is 0 Å². The maximum Gasteiger partial charge on any atom is 0.260 e. The van der Waals surface area contributed by atoms with Crippen molar-refractivity contribution in [1.29, 1.82) is 0 Å². The van der Waals surface area contributed by atoms with Gasteiger partial charge >= 0.3 is 0 Å². The lowest BCUT2D eigenvalue weighted by molar-refractivity contribution is 0.0194. The molecule has 4 rings (SSSR count). The van der Waals surface area contributed by atoms with Gasteiger partial charge in [-0.1, -0.05) is 29.4 Å². The molecule has 1 aliphatic rings. The Balaban J connectivity index is 1.59. The van der Waals surface area contributed by atoms with Crippen molar-refractivity contribution >= 4 is 20.9 Å². The van der Waals surface area contributed by atoms with Gasteiger partial charge in [-0.3, -0.25) is 4.98 Å². The number of sulfonamides is 1. The van der Waals surface area contributed by atoms with E-state index in [2.05, 4.69) is 15.1 Å². The molecule has 1 fully saturated rings. The van der Waals surface area contributed by atoms with Gasteiger partial charge in [0.1, 0.15) is 0 Å². The van der Waals surface area contributed by atoms with Crippen LogP contribution in [0.4, 0.5) is 0 Å². The molecule has 0 radical (unpaired) electrons. The quantitative estimate of drug-likeness (QED) is 0.734. The van der Waals surface area contributed by atoms with E-state index in [1.54, 1.807) is 19.2 Å². The fourth-order valence-corrected chi connectivity index (χ4v) is 4.82. The minimum Gasteiger partial charge on any atom is -0.379 e. The molecule has 1 N–H and O–H groups in total. The smallest absolute Gasteiger partial charge is 0.260 e. The molecule has 136 valence electrons. The molecule has 1 saturated heterocycles. The number of fused-ring (bicyclic) bond motifs is 1. The van der Waals surface area contributed by atoms with Crippen LogP contribution in [0.3, 0.4) is 0 Å². The van der Waals surface area contributed by atoms with E-state index in [0.29, 0.717) is 16.9 Å². The average molecular weight is 374 g/mol. The van der Waals surface area contributed by atoms with Gasteiger partial charge in [-0.15, -0.1) is 0 Å². The summed E-state index contributed by atoms with van der Waals surface area (Å²) in [6.07, 6.45) is 1.85. The van der Waals surface area contributed by atoms with Crippen LogP contribution in [0.2, 0.25) is 0 Å². The summed E-state index contributed by atoms with van der Waals surface area (Å²) < 4.78 is 32.1. The van der Waals surface area contributed by atoms with Crippen molar-refractivity contribution in [3.63, 3.8) is 0 Å². The molecular weight excluding hydrogens is 356 g/mol. The van der Waals surface area contributed by atoms with Gasteiger partial charge in [0.2, 0.25) is 10.0 Å². The summed E-state index contributed by atoms with van der Waals surface area (Å²) in [5.41, 5.74) is -0.154. The number of hydrogen-bond donors (Lipinski definition) is 1. The molecule has 3 heterocycles. The van der Waals surface area contributed by atoms with Crippen LogP contribution >= 0.6 is 0 Å². The average Bonchev–Trinajstić information content (AvgIpc) is 3.23. The van der Waals surface area contributed by atoms with Gasteiger partial charge in [0.15, 0.2) is 11.4 Å². The number of nitrogens with zero attached hydrogens (tertiary/aromatic N) is 4. The minimum absolute atomic E-state index is 0.0551. The lowest BCUT2D eigenvalue weighted by Crippen LogP contribution is -2.35. The highest BCUT2D eigenvalue weighted by Gasteiger charge is 2.46. The van der Waals surface area contributed by atoms with E-state index >= 15 is 0 Å². The molecule has 1 aliphatic heterocycles. The zero-order valence-corrected chi connectivity index (χ0v) is 15.0. The van der Waals surface area contributed by atoms with Crippen LogP contribution in [0, 0.1) is 6.92 Å². The first kappa shape index (κ1) is 17.1. The van der Waals surface area contributed by atoms with Crippen molar-refractivity contribution < 1.29 is 18.0 Å². The number of hydrogen-bond acceptors (Lipinski definition) is 7. The van der Waals surface area contributed by atoms with Crippen LogP contribution in [0.25, 0.3) is 10.9 Å². The Hall–Kier alpha value is -2.36. The van der Waals surface area contributed by atoms with Crippen molar-refractivity contribution in [1.82, 2.24) is 19.4 Å². The number of para-hydroxylation sites is 1. The predicted molar refractivity (Wildman–Crippen MR) is 93.5 cm³/mol. The number of aryl methyl sites for hydroxylation is 1. The molecule has 1 unspecified atom stereocenters. The highest BCUT2D eigenvalue weighted by Crippen LogP contribution is 2.33. The van der Waals surface area contributed by atoms with Crippen molar-refractivity contribution in [2.75, 3.05) is 13.1 Å². The fourth-order valence-electron chi connectivity index (χ4n) is 3.23. The van der Waals surface area contributed by atoms with Crippen LogP contribution < -0.4 is 0 Å². The standard InChI is InChI=1S/C17H18N4O4S/c1-12-19-16(25-20-12)17(22)7-9-21(11-17)26(23,24)10-14-5-2-4-13-6-3-8-18-15(13)14/h2-6,8,22H,7,9-11H2,1H3. The number of β-amino-alcohol motifs (C(OH)–C–C–N with tert-alkyl or cyclic N) is 1. The van der Waals surface area contributed by atoms with E-state index in [4.69, 9.17) is 4.52 Å². The second kappa shape index (κ2) is 6.11. The summed E-state index contributed by atoms with van der Waals surface area (Å²) in [7, 11) is -3.63. The third-order valence-corrected chi connectivity index (χ3v) is 6.36. The fraction of sp³-hybridized carbons (Fsp3) is 0.353. The van der Waals surface area contributed by atoms with Gasteiger partial charge in [-0.25, -0.2) is 8.42 Å².